The van der Waals surface area contributed by atoms with Gasteiger partial charge in [-0.15, -0.1) is 0 Å². The summed E-state index contributed by atoms with van der Waals surface area (Å²) in [6.45, 7) is 2.27. The molecule has 3 heteroatoms. The van der Waals surface area contributed by atoms with Gasteiger partial charge < -0.3 is 4.74 Å². The molecule has 0 N–H and O–H groups in total. The van der Waals surface area contributed by atoms with E-state index in [9.17, 15) is 4.39 Å². The molecule has 4 rings (SSSR count). The van der Waals surface area contributed by atoms with Crippen LogP contribution in [-0.2, 0) is 0 Å². The van der Waals surface area contributed by atoms with Crippen molar-refractivity contribution < 1.29 is 13.5 Å². The van der Waals surface area contributed by atoms with Crippen LogP contribution in [0.3, 0.4) is 0 Å². The van der Waals surface area contributed by atoms with Crippen molar-refractivity contribution in [2.45, 2.75) is 83.5 Å². The fourth-order valence-corrected chi connectivity index (χ4v) is 6.17. The molecule has 30 heavy (non-hydrogen) atoms. The van der Waals surface area contributed by atoms with Crippen LogP contribution in [0.4, 0.5) is 8.78 Å². The first-order valence-corrected chi connectivity index (χ1v) is 12.1. The third-order valence-electron chi connectivity index (χ3n) is 7.88. The summed E-state index contributed by atoms with van der Waals surface area (Å²) in [5.41, 5.74) is 0.784. The Morgan fingerprint density at radius 3 is 2.53 bits per heavy atom. The van der Waals surface area contributed by atoms with E-state index in [0.717, 1.165) is 36.2 Å². The minimum Gasteiger partial charge on any atom is -0.494 e. The van der Waals surface area contributed by atoms with Gasteiger partial charge >= 0.3 is 0 Å². The number of halogens is 2. The lowest BCUT2D eigenvalue weighted by Gasteiger charge is -2.42. The number of rotatable bonds is 7. The lowest BCUT2D eigenvalue weighted by atomic mass is 9.63. The second kappa shape index (κ2) is 9.66. The second-order valence-electron chi connectivity index (χ2n) is 9.74. The molecule has 2 saturated carbocycles. The molecular formula is C27H36F2O. The lowest BCUT2D eigenvalue weighted by Crippen LogP contribution is -2.30. The SMILES string of the molecule is CCCCCCC1CCC2C[C@H](c3ccc4cc(OC)c(F)cc4c3F)CC[C@@H]2C1. The zero-order valence-corrected chi connectivity index (χ0v) is 18.6. The Hall–Kier alpha value is -1.64. The Balaban J connectivity index is 1.42. The third-order valence-corrected chi connectivity index (χ3v) is 7.88. The van der Waals surface area contributed by atoms with Crippen molar-refractivity contribution in [2.24, 2.45) is 17.8 Å². The van der Waals surface area contributed by atoms with Crippen molar-refractivity contribution in [3.8, 4) is 5.75 Å². The molecule has 2 aliphatic carbocycles. The Morgan fingerprint density at radius 2 is 1.73 bits per heavy atom. The predicted octanol–water partition coefficient (Wildman–Crippen LogP) is 8.40. The van der Waals surface area contributed by atoms with Crippen molar-refractivity contribution in [3.05, 3.63) is 41.5 Å². The van der Waals surface area contributed by atoms with Gasteiger partial charge in [-0.25, -0.2) is 8.78 Å². The Morgan fingerprint density at radius 1 is 0.933 bits per heavy atom. The first-order valence-electron chi connectivity index (χ1n) is 12.1. The van der Waals surface area contributed by atoms with Crippen LogP contribution in [0.25, 0.3) is 10.8 Å². The number of hydrogen-bond acceptors (Lipinski definition) is 1. The zero-order chi connectivity index (χ0) is 21.1. The quantitative estimate of drug-likeness (QED) is 0.413. The largest absolute Gasteiger partial charge is 0.494 e. The molecule has 0 spiro atoms. The summed E-state index contributed by atoms with van der Waals surface area (Å²) in [5.74, 6) is 2.18. The molecule has 2 aliphatic rings. The van der Waals surface area contributed by atoms with Crippen LogP contribution in [0.15, 0.2) is 24.3 Å². The van der Waals surface area contributed by atoms with Crippen LogP contribution in [0, 0.1) is 29.4 Å². The molecular weight excluding hydrogens is 378 g/mol. The molecule has 1 nitrogen and oxygen atoms in total. The van der Waals surface area contributed by atoms with Crippen LogP contribution in [0.5, 0.6) is 5.75 Å². The van der Waals surface area contributed by atoms with E-state index < -0.39 is 5.82 Å². The molecule has 2 aromatic carbocycles. The average Bonchev–Trinajstić information content (AvgIpc) is 2.76. The monoisotopic (exact) mass is 414 g/mol. The maximum Gasteiger partial charge on any atom is 0.165 e. The number of methoxy groups -OCH3 is 1. The molecule has 0 aromatic heterocycles. The molecule has 0 heterocycles. The summed E-state index contributed by atoms with van der Waals surface area (Å²) >= 11 is 0. The van der Waals surface area contributed by atoms with E-state index in [1.165, 1.54) is 71.0 Å². The standard InChI is InChI=1S/C27H36F2O/c1-3-4-5-6-7-18-8-9-20-15-21(11-10-19(20)14-18)23-13-12-22-16-26(30-2)25(28)17-24(22)27(23)29/h12-13,16-21H,3-11,14-15H2,1-2H3/t18?,19-,20?,21-/m1/s1. The highest BCUT2D eigenvalue weighted by atomic mass is 19.1. The predicted molar refractivity (Wildman–Crippen MR) is 120 cm³/mol. The van der Waals surface area contributed by atoms with Gasteiger partial charge in [-0.05, 0) is 78.9 Å². The zero-order valence-electron chi connectivity index (χ0n) is 18.6. The van der Waals surface area contributed by atoms with Crippen LogP contribution >= 0.6 is 0 Å². The smallest absolute Gasteiger partial charge is 0.165 e. The molecule has 0 radical (unpaired) electrons. The normalized spacial score (nSPS) is 26.5. The Bertz CT molecular complexity index is 862. The van der Waals surface area contributed by atoms with Crippen LogP contribution in [-0.4, -0.2) is 7.11 Å². The van der Waals surface area contributed by atoms with Crippen molar-refractivity contribution in [1.29, 1.82) is 0 Å². The van der Waals surface area contributed by atoms with E-state index in [2.05, 4.69) is 6.92 Å². The maximum atomic E-state index is 15.4. The Kier molecular flexibility index (Phi) is 6.95. The summed E-state index contributed by atoms with van der Waals surface area (Å²) < 4.78 is 34.6. The molecule has 4 atom stereocenters. The minimum absolute atomic E-state index is 0.168. The molecule has 164 valence electrons. The fraction of sp³-hybridized carbons (Fsp3) is 0.630. The molecule has 0 amide bonds. The van der Waals surface area contributed by atoms with Gasteiger partial charge in [0.2, 0.25) is 0 Å². The molecule has 2 unspecified atom stereocenters. The second-order valence-corrected chi connectivity index (χ2v) is 9.74. The molecule has 2 fully saturated rings. The van der Waals surface area contributed by atoms with E-state index in [1.54, 1.807) is 6.07 Å². The summed E-state index contributed by atoms with van der Waals surface area (Å²) in [4.78, 5) is 0. The first kappa shape index (κ1) is 21.6. The van der Waals surface area contributed by atoms with Gasteiger partial charge in [0, 0.05) is 5.39 Å². The summed E-state index contributed by atoms with van der Waals surface area (Å²) in [5, 5.41) is 1.08. The number of benzene rings is 2. The van der Waals surface area contributed by atoms with E-state index in [-0.39, 0.29) is 17.5 Å². The van der Waals surface area contributed by atoms with Crippen molar-refractivity contribution in [2.75, 3.05) is 7.11 Å². The first-order chi connectivity index (χ1) is 14.6. The highest BCUT2D eigenvalue weighted by Gasteiger charge is 2.36. The van der Waals surface area contributed by atoms with Crippen molar-refractivity contribution in [1.82, 2.24) is 0 Å². The highest BCUT2D eigenvalue weighted by molar-refractivity contribution is 5.85. The van der Waals surface area contributed by atoms with E-state index in [1.807, 2.05) is 12.1 Å². The van der Waals surface area contributed by atoms with E-state index in [4.69, 9.17) is 4.74 Å². The van der Waals surface area contributed by atoms with Crippen LogP contribution < -0.4 is 4.74 Å². The molecule has 2 aromatic rings. The van der Waals surface area contributed by atoms with Crippen LogP contribution in [0.2, 0.25) is 0 Å². The van der Waals surface area contributed by atoms with Gasteiger partial charge in [0.25, 0.3) is 0 Å². The van der Waals surface area contributed by atoms with Crippen LogP contribution in [0.1, 0.15) is 89.0 Å². The number of ether oxygens (including phenoxy) is 1. The topological polar surface area (TPSA) is 9.23 Å². The summed E-state index contributed by atoms with van der Waals surface area (Å²) in [6.07, 6.45) is 14.3. The molecule has 0 aliphatic heterocycles. The third kappa shape index (κ3) is 4.50. The lowest BCUT2D eigenvalue weighted by molar-refractivity contribution is 0.112. The van der Waals surface area contributed by atoms with Gasteiger partial charge in [-0.1, -0.05) is 57.6 Å². The van der Waals surface area contributed by atoms with E-state index >= 15 is 4.39 Å². The maximum absolute atomic E-state index is 15.4. The van der Waals surface area contributed by atoms with Gasteiger partial charge in [-0.3, -0.25) is 0 Å². The highest BCUT2D eigenvalue weighted by Crippen LogP contribution is 2.49. The average molecular weight is 415 g/mol. The molecule has 0 saturated heterocycles. The van der Waals surface area contributed by atoms with Gasteiger partial charge in [0.15, 0.2) is 11.6 Å². The van der Waals surface area contributed by atoms with Crippen molar-refractivity contribution >= 4 is 10.8 Å². The fourth-order valence-electron chi connectivity index (χ4n) is 6.17. The minimum atomic E-state index is -0.498. The summed E-state index contributed by atoms with van der Waals surface area (Å²) in [6, 6.07) is 6.74. The summed E-state index contributed by atoms with van der Waals surface area (Å²) in [7, 11) is 1.44. The Labute approximate surface area is 180 Å². The number of fused-ring (bicyclic) bond motifs is 2. The number of hydrogen-bond donors (Lipinski definition) is 0. The molecule has 0 bridgehead atoms. The van der Waals surface area contributed by atoms with E-state index in [0.29, 0.717) is 10.8 Å². The van der Waals surface area contributed by atoms with Crippen molar-refractivity contribution in [3.63, 3.8) is 0 Å². The van der Waals surface area contributed by atoms with Gasteiger partial charge in [0.1, 0.15) is 5.82 Å². The van der Waals surface area contributed by atoms with Gasteiger partial charge in [-0.2, -0.15) is 0 Å². The van der Waals surface area contributed by atoms with Gasteiger partial charge in [0.05, 0.1) is 7.11 Å². The number of unbranched alkanes of at least 4 members (excludes halogenated alkanes) is 3.